The summed E-state index contributed by atoms with van der Waals surface area (Å²) in [5.41, 5.74) is -1.80. The molecule has 1 heterocycles. The van der Waals surface area contributed by atoms with Gasteiger partial charge in [-0.2, -0.15) is 4.39 Å². The van der Waals surface area contributed by atoms with E-state index in [1.165, 1.54) is 11.9 Å². The standard InChI is InChI=1S/C11H11F2N3O3/c1-15(6-4-14-5-6)11(17)9-7(12)2-3-8(10(9)13)16(18)19/h2-3,6,14H,4-5H2,1H3. The normalized spacial score (nSPS) is 14.9. The Morgan fingerprint density at radius 1 is 1.47 bits per heavy atom. The second kappa shape index (κ2) is 4.88. The fraction of sp³-hybridized carbons (Fsp3) is 0.364. The van der Waals surface area contributed by atoms with Gasteiger partial charge in [0.25, 0.3) is 5.91 Å². The van der Waals surface area contributed by atoms with Crippen LogP contribution in [0.2, 0.25) is 0 Å². The molecule has 0 unspecified atom stereocenters. The number of carbonyl (C=O) groups excluding carboxylic acids is 1. The summed E-state index contributed by atoms with van der Waals surface area (Å²) < 4.78 is 27.4. The second-order valence-corrected chi connectivity index (χ2v) is 4.24. The van der Waals surface area contributed by atoms with Crippen molar-refractivity contribution in [1.82, 2.24) is 10.2 Å². The van der Waals surface area contributed by atoms with E-state index < -0.39 is 33.7 Å². The van der Waals surface area contributed by atoms with Gasteiger partial charge in [0.1, 0.15) is 11.4 Å². The molecule has 1 N–H and O–H groups in total. The Morgan fingerprint density at radius 3 is 2.58 bits per heavy atom. The van der Waals surface area contributed by atoms with Gasteiger partial charge in [-0.1, -0.05) is 0 Å². The van der Waals surface area contributed by atoms with Crippen LogP contribution >= 0.6 is 0 Å². The number of hydrogen-bond donors (Lipinski definition) is 1. The van der Waals surface area contributed by atoms with Gasteiger partial charge in [0.2, 0.25) is 5.82 Å². The van der Waals surface area contributed by atoms with E-state index in [-0.39, 0.29) is 6.04 Å². The second-order valence-electron chi connectivity index (χ2n) is 4.24. The van der Waals surface area contributed by atoms with Crippen LogP contribution in [0.15, 0.2) is 12.1 Å². The molecule has 0 atom stereocenters. The van der Waals surface area contributed by atoms with Gasteiger partial charge >= 0.3 is 5.69 Å². The van der Waals surface area contributed by atoms with Crippen molar-refractivity contribution in [2.45, 2.75) is 6.04 Å². The summed E-state index contributed by atoms with van der Waals surface area (Å²) >= 11 is 0. The quantitative estimate of drug-likeness (QED) is 0.655. The Labute approximate surface area is 107 Å². The number of benzene rings is 1. The fourth-order valence-electron chi connectivity index (χ4n) is 1.77. The smallest absolute Gasteiger partial charge is 0.305 e. The van der Waals surface area contributed by atoms with Gasteiger partial charge in [0.05, 0.1) is 11.0 Å². The van der Waals surface area contributed by atoms with Crippen LogP contribution in [0.3, 0.4) is 0 Å². The van der Waals surface area contributed by atoms with Gasteiger partial charge in [-0.15, -0.1) is 0 Å². The van der Waals surface area contributed by atoms with Gasteiger partial charge in [-0.05, 0) is 6.07 Å². The predicted molar refractivity (Wildman–Crippen MR) is 61.8 cm³/mol. The molecule has 2 rings (SSSR count). The van der Waals surface area contributed by atoms with Crippen LogP contribution in [0.5, 0.6) is 0 Å². The number of amides is 1. The van der Waals surface area contributed by atoms with Crippen molar-refractivity contribution in [3.8, 4) is 0 Å². The number of halogens is 2. The topological polar surface area (TPSA) is 75.5 Å². The van der Waals surface area contributed by atoms with Crippen molar-refractivity contribution >= 4 is 11.6 Å². The minimum Gasteiger partial charge on any atom is -0.336 e. The molecular formula is C11H11F2N3O3. The van der Waals surface area contributed by atoms with Crippen molar-refractivity contribution in [2.75, 3.05) is 20.1 Å². The fourth-order valence-corrected chi connectivity index (χ4v) is 1.77. The summed E-state index contributed by atoms with van der Waals surface area (Å²) in [7, 11) is 1.41. The molecule has 1 aromatic rings. The summed E-state index contributed by atoms with van der Waals surface area (Å²) in [4.78, 5) is 22.8. The lowest BCUT2D eigenvalue weighted by Gasteiger charge is -2.35. The van der Waals surface area contributed by atoms with Gasteiger partial charge in [-0.3, -0.25) is 14.9 Å². The summed E-state index contributed by atoms with van der Waals surface area (Å²) in [5, 5.41) is 13.5. The van der Waals surface area contributed by atoms with Crippen LogP contribution in [0.25, 0.3) is 0 Å². The third-order valence-electron chi connectivity index (χ3n) is 3.11. The molecule has 1 aliphatic rings. The molecule has 0 aromatic heterocycles. The Hall–Kier alpha value is -2.09. The first-order valence-corrected chi connectivity index (χ1v) is 5.53. The number of hydrogen-bond acceptors (Lipinski definition) is 4. The number of carbonyl (C=O) groups is 1. The molecule has 0 aliphatic carbocycles. The van der Waals surface area contributed by atoms with Gasteiger partial charge in [-0.25, -0.2) is 4.39 Å². The molecule has 1 aliphatic heterocycles. The van der Waals surface area contributed by atoms with E-state index >= 15 is 0 Å². The molecule has 0 spiro atoms. The molecule has 1 fully saturated rings. The zero-order valence-corrected chi connectivity index (χ0v) is 10.0. The van der Waals surface area contributed by atoms with Crippen molar-refractivity contribution in [1.29, 1.82) is 0 Å². The minimum absolute atomic E-state index is 0.162. The molecule has 6 nitrogen and oxygen atoms in total. The minimum atomic E-state index is -1.44. The van der Waals surface area contributed by atoms with E-state index in [9.17, 15) is 23.7 Å². The third kappa shape index (κ3) is 2.26. The summed E-state index contributed by atoms with van der Waals surface area (Å²) in [6.45, 7) is 1.06. The molecule has 1 saturated heterocycles. The lowest BCUT2D eigenvalue weighted by molar-refractivity contribution is -0.387. The molecular weight excluding hydrogens is 260 g/mol. The maximum atomic E-state index is 13.8. The van der Waals surface area contributed by atoms with E-state index in [1.54, 1.807) is 0 Å². The highest BCUT2D eigenvalue weighted by Gasteiger charge is 2.32. The molecule has 19 heavy (non-hydrogen) atoms. The van der Waals surface area contributed by atoms with Crippen LogP contribution in [0.1, 0.15) is 10.4 Å². The van der Waals surface area contributed by atoms with Crippen molar-refractivity contribution < 1.29 is 18.5 Å². The predicted octanol–water partition coefficient (Wildman–Crippen LogP) is 0.917. The number of nitrogens with one attached hydrogen (secondary N) is 1. The highest BCUT2D eigenvalue weighted by atomic mass is 19.1. The van der Waals surface area contributed by atoms with Crippen LogP contribution in [0, 0.1) is 21.7 Å². The Balaban J connectivity index is 2.40. The van der Waals surface area contributed by atoms with E-state index in [1.807, 2.05) is 0 Å². The molecule has 0 saturated carbocycles. The molecule has 1 amide bonds. The van der Waals surface area contributed by atoms with Crippen LogP contribution in [0.4, 0.5) is 14.5 Å². The van der Waals surface area contributed by atoms with Crippen LogP contribution in [-0.2, 0) is 0 Å². The summed E-state index contributed by atoms with van der Waals surface area (Å²) in [5.74, 6) is -3.44. The van der Waals surface area contributed by atoms with Gasteiger partial charge < -0.3 is 10.2 Å². The number of nitrogens with zero attached hydrogens (tertiary/aromatic N) is 2. The lowest BCUT2D eigenvalue weighted by Crippen LogP contribution is -2.57. The van der Waals surface area contributed by atoms with Gasteiger partial charge in [0.15, 0.2) is 0 Å². The van der Waals surface area contributed by atoms with E-state index in [0.29, 0.717) is 19.2 Å². The SMILES string of the molecule is CN(C(=O)c1c(F)ccc([N+](=O)[O-])c1F)C1CNC1. The van der Waals surface area contributed by atoms with E-state index in [4.69, 9.17) is 0 Å². The Kier molecular flexibility index (Phi) is 3.43. The molecule has 102 valence electrons. The number of rotatable bonds is 3. The molecule has 0 bridgehead atoms. The summed E-state index contributed by atoms with van der Waals surface area (Å²) in [6, 6.07) is 1.26. The average Bonchev–Trinajstić information content (AvgIpc) is 2.25. The molecule has 8 heteroatoms. The number of likely N-dealkylation sites (N-methyl/N-ethyl adjacent to an activating group) is 1. The molecule has 1 aromatic carbocycles. The first kappa shape index (κ1) is 13.3. The maximum Gasteiger partial charge on any atom is 0.305 e. The number of nitro groups is 1. The average molecular weight is 271 g/mol. The van der Waals surface area contributed by atoms with E-state index in [0.717, 1.165) is 6.07 Å². The van der Waals surface area contributed by atoms with Crippen molar-refractivity contribution in [2.24, 2.45) is 0 Å². The van der Waals surface area contributed by atoms with Gasteiger partial charge in [0, 0.05) is 26.2 Å². The monoisotopic (exact) mass is 271 g/mol. The van der Waals surface area contributed by atoms with E-state index in [2.05, 4.69) is 5.32 Å². The van der Waals surface area contributed by atoms with Crippen molar-refractivity contribution in [3.63, 3.8) is 0 Å². The Bertz CT molecular complexity index is 546. The number of nitro benzene ring substituents is 1. The largest absolute Gasteiger partial charge is 0.336 e. The maximum absolute atomic E-state index is 13.8. The highest BCUT2D eigenvalue weighted by molar-refractivity contribution is 5.95. The summed E-state index contributed by atoms with van der Waals surface area (Å²) in [6.07, 6.45) is 0. The highest BCUT2D eigenvalue weighted by Crippen LogP contribution is 2.24. The first-order chi connectivity index (χ1) is 8.93. The van der Waals surface area contributed by atoms with Crippen LogP contribution in [-0.4, -0.2) is 41.9 Å². The first-order valence-electron chi connectivity index (χ1n) is 5.53. The lowest BCUT2D eigenvalue weighted by atomic mass is 10.1. The van der Waals surface area contributed by atoms with Crippen molar-refractivity contribution in [3.05, 3.63) is 39.4 Å². The zero-order chi connectivity index (χ0) is 14.2. The molecule has 0 radical (unpaired) electrons. The zero-order valence-electron chi connectivity index (χ0n) is 10.0. The van der Waals surface area contributed by atoms with Crippen LogP contribution < -0.4 is 5.32 Å². The third-order valence-corrected chi connectivity index (χ3v) is 3.11. The Morgan fingerprint density at radius 2 is 2.11 bits per heavy atom.